The number of hydrogen-bond donors (Lipinski definition) is 2. The number of benzene rings is 1. The van der Waals surface area contributed by atoms with Gasteiger partial charge in [-0.2, -0.15) is 5.10 Å². The van der Waals surface area contributed by atoms with E-state index in [4.69, 9.17) is 5.73 Å². The maximum atomic E-state index is 12.5. The van der Waals surface area contributed by atoms with Gasteiger partial charge >= 0.3 is 0 Å². The molecule has 7 heteroatoms. The molecule has 3 N–H and O–H groups in total. The van der Waals surface area contributed by atoms with Crippen LogP contribution < -0.4 is 5.73 Å². The van der Waals surface area contributed by atoms with Gasteiger partial charge in [0.25, 0.3) is 5.91 Å². The number of carbonyl (C=O) groups is 2. The Morgan fingerprint density at radius 2 is 1.83 bits per heavy atom. The summed E-state index contributed by atoms with van der Waals surface area (Å²) in [6.45, 7) is 5.68. The van der Waals surface area contributed by atoms with Crippen LogP contribution in [0.5, 0.6) is 0 Å². The molecular weight excluding hydrogens is 306 g/mol. The number of aryl methyl sites for hydroxylation is 1. The molecule has 24 heavy (non-hydrogen) atoms. The number of rotatable bonds is 4. The molecule has 3 rings (SSSR count). The van der Waals surface area contributed by atoms with E-state index in [-0.39, 0.29) is 5.91 Å². The Balaban J connectivity index is 1.54. The van der Waals surface area contributed by atoms with Crippen LogP contribution in [-0.4, -0.2) is 58.0 Å². The zero-order valence-corrected chi connectivity index (χ0v) is 13.7. The lowest BCUT2D eigenvalue weighted by molar-refractivity contribution is 0.0628. The van der Waals surface area contributed by atoms with Gasteiger partial charge < -0.3 is 10.6 Å². The molecule has 126 valence electrons. The summed E-state index contributed by atoms with van der Waals surface area (Å²) in [6.07, 6.45) is 1.59. The van der Waals surface area contributed by atoms with Gasteiger partial charge in [0.15, 0.2) is 0 Å². The van der Waals surface area contributed by atoms with Gasteiger partial charge in [-0.3, -0.25) is 19.6 Å². The third-order valence-electron chi connectivity index (χ3n) is 4.36. The fraction of sp³-hybridized carbons (Fsp3) is 0.353. The molecule has 1 aliphatic heterocycles. The van der Waals surface area contributed by atoms with Gasteiger partial charge in [-0.15, -0.1) is 0 Å². The Bertz CT molecular complexity index is 730. The van der Waals surface area contributed by atoms with Crippen molar-refractivity contribution in [2.24, 2.45) is 5.73 Å². The molecule has 2 heterocycles. The maximum Gasteiger partial charge on any atom is 0.257 e. The molecule has 0 bridgehead atoms. The number of aromatic amines is 1. The van der Waals surface area contributed by atoms with Crippen molar-refractivity contribution in [3.05, 3.63) is 52.8 Å². The second kappa shape index (κ2) is 6.84. The smallest absolute Gasteiger partial charge is 0.257 e. The number of carbonyl (C=O) groups excluding carboxylic acids is 2. The van der Waals surface area contributed by atoms with Gasteiger partial charge in [-0.05, 0) is 24.6 Å². The molecule has 1 aromatic heterocycles. The van der Waals surface area contributed by atoms with Crippen LogP contribution in [-0.2, 0) is 6.54 Å². The van der Waals surface area contributed by atoms with E-state index in [9.17, 15) is 9.59 Å². The van der Waals surface area contributed by atoms with Crippen molar-refractivity contribution in [2.45, 2.75) is 13.5 Å². The van der Waals surface area contributed by atoms with Crippen LogP contribution in [0.15, 0.2) is 30.5 Å². The van der Waals surface area contributed by atoms with E-state index in [0.29, 0.717) is 24.2 Å². The van der Waals surface area contributed by atoms with Gasteiger partial charge in [0.1, 0.15) is 0 Å². The number of nitrogens with zero attached hydrogens (tertiary/aromatic N) is 3. The van der Waals surface area contributed by atoms with E-state index >= 15 is 0 Å². The van der Waals surface area contributed by atoms with E-state index in [1.54, 1.807) is 18.3 Å². The molecule has 1 saturated heterocycles. The molecule has 0 radical (unpaired) electrons. The first-order valence-electron chi connectivity index (χ1n) is 7.95. The van der Waals surface area contributed by atoms with Crippen molar-refractivity contribution in [1.29, 1.82) is 0 Å². The molecule has 7 nitrogen and oxygen atoms in total. The summed E-state index contributed by atoms with van der Waals surface area (Å²) in [6, 6.07) is 7.34. The molecule has 0 spiro atoms. The molecule has 1 fully saturated rings. The Hall–Kier alpha value is -2.67. The van der Waals surface area contributed by atoms with E-state index in [1.807, 2.05) is 24.0 Å². The molecule has 0 unspecified atom stereocenters. The van der Waals surface area contributed by atoms with Crippen LogP contribution in [0.25, 0.3) is 0 Å². The number of nitrogens with one attached hydrogen (secondary N) is 1. The van der Waals surface area contributed by atoms with Crippen molar-refractivity contribution in [1.82, 2.24) is 20.0 Å². The zero-order valence-electron chi connectivity index (χ0n) is 13.7. The molecule has 0 aliphatic carbocycles. The number of hydrogen-bond acceptors (Lipinski definition) is 4. The molecule has 0 atom stereocenters. The first-order valence-corrected chi connectivity index (χ1v) is 7.95. The highest BCUT2D eigenvalue weighted by atomic mass is 16.2. The monoisotopic (exact) mass is 327 g/mol. The minimum atomic E-state index is -0.414. The highest BCUT2D eigenvalue weighted by molar-refractivity contribution is 5.95. The Morgan fingerprint density at radius 1 is 1.17 bits per heavy atom. The Morgan fingerprint density at radius 3 is 2.38 bits per heavy atom. The minimum absolute atomic E-state index is 0.0340. The second-order valence-corrected chi connectivity index (χ2v) is 6.04. The fourth-order valence-electron chi connectivity index (χ4n) is 2.88. The number of piperazine rings is 1. The molecule has 1 aromatic carbocycles. The third-order valence-corrected chi connectivity index (χ3v) is 4.36. The van der Waals surface area contributed by atoms with Crippen LogP contribution in [0.3, 0.4) is 0 Å². The summed E-state index contributed by atoms with van der Waals surface area (Å²) in [5, 5.41) is 6.71. The summed E-state index contributed by atoms with van der Waals surface area (Å²) >= 11 is 0. The summed E-state index contributed by atoms with van der Waals surface area (Å²) < 4.78 is 0. The predicted molar refractivity (Wildman–Crippen MR) is 89.5 cm³/mol. The van der Waals surface area contributed by atoms with Crippen molar-refractivity contribution in [3.8, 4) is 0 Å². The van der Waals surface area contributed by atoms with Crippen molar-refractivity contribution >= 4 is 11.8 Å². The summed E-state index contributed by atoms with van der Waals surface area (Å²) in [7, 11) is 0. The standard InChI is InChI=1S/C17H21N5O2/c1-12-15(10-19-20-12)17(24)22-8-6-21(7-9-22)11-13-2-4-14(5-3-13)16(18)23/h2-5,10H,6-9,11H2,1H3,(H2,18,23)(H,19,20). The van der Waals surface area contributed by atoms with Crippen LogP contribution >= 0.6 is 0 Å². The second-order valence-electron chi connectivity index (χ2n) is 6.04. The van der Waals surface area contributed by atoms with E-state index in [2.05, 4.69) is 15.1 Å². The van der Waals surface area contributed by atoms with Crippen molar-refractivity contribution in [3.63, 3.8) is 0 Å². The van der Waals surface area contributed by atoms with Gasteiger partial charge in [-0.1, -0.05) is 12.1 Å². The quantitative estimate of drug-likeness (QED) is 0.867. The number of aromatic nitrogens is 2. The molecule has 2 amide bonds. The highest BCUT2D eigenvalue weighted by Crippen LogP contribution is 2.13. The molecule has 1 aliphatic rings. The summed E-state index contributed by atoms with van der Waals surface area (Å²) in [4.78, 5) is 27.7. The van der Waals surface area contributed by atoms with Gasteiger partial charge in [0.05, 0.1) is 11.8 Å². The van der Waals surface area contributed by atoms with Crippen LogP contribution in [0, 0.1) is 6.92 Å². The van der Waals surface area contributed by atoms with E-state index in [0.717, 1.165) is 30.9 Å². The first kappa shape index (κ1) is 16.2. The van der Waals surface area contributed by atoms with Gasteiger partial charge in [-0.25, -0.2) is 0 Å². The largest absolute Gasteiger partial charge is 0.366 e. The predicted octanol–water partition coefficient (Wildman–Crippen LogP) is 0.775. The van der Waals surface area contributed by atoms with Crippen molar-refractivity contribution in [2.75, 3.05) is 26.2 Å². The lowest BCUT2D eigenvalue weighted by Crippen LogP contribution is -2.48. The molecule has 0 saturated carbocycles. The van der Waals surface area contributed by atoms with Gasteiger partial charge in [0, 0.05) is 44.0 Å². The average Bonchev–Trinajstić information content (AvgIpc) is 3.01. The normalized spacial score (nSPS) is 15.5. The maximum absolute atomic E-state index is 12.5. The van der Waals surface area contributed by atoms with Gasteiger partial charge in [0.2, 0.25) is 5.91 Å². The summed E-state index contributed by atoms with van der Waals surface area (Å²) in [5.74, 6) is -0.380. The highest BCUT2D eigenvalue weighted by Gasteiger charge is 2.23. The third kappa shape index (κ3) is 3.46. The Labute approximate surface area is 140 Å². The fourth-order valence-corrected chi connectivity index (χ4v) is 2.88. The van der Waals surface area contributed by atoms with E-state index in [1.165, 1.54) is 0 Å². The van der Waals surface area contributed by atoms with Crippen LogP contribution in [0.1, 0.15) is 32.0 Å². The SMILES string of the molecule is Cc1[nH]ncc1C(=O)N1CCN(Cc2ccc(C(N)=O)cc2)CC1. The van der Waals surface area contributed by atoms with Crippen LogP contribution in [0.4, 0.5) is 0 Å². The number of nitrogens with two attached hydrogens (primary N) is 1. The Kier molecular flexibility index (Phi) is 4.61. The topological polar surface area (TPSA) is 95.3 Å². The van der Waals surface area contributed by atoms with Crippen molar-refractivity contribution < 1.29 is 9.59 Å². The first-order chi connectivity index (χ1) is 11.5. The number of amides is 2. The lowest BCUT2D eigenvalue weighted by atomic mass is 10.1. The average molecular weight is 327 g/mol. The lowest BCUT2D eigenvalue weighted by Gasteiger charge is -2.34. The molecule has 2 aromatic rings. The number of primary amides is 1. The molecular formula is C17H21N5O2. The van der Waals surface area contributed by atoms with Crippen LogP contribution in [0.2, 0.25) is 0 Å². The zero-order chi connectivity index (χ0) is 17.1. The summed E-state index contributed by atoms with van der Waals surface area (Å²) in [5.41, 5.74) is 8.34. The number of H-pyrrole nitrogens is 1. The van der Waals surface area contributed by atoms with E-state index < -0.39 is 5.91 Å². The minimum Gasteiger partial charge on any atom is -0.366 e.